The van der Waals surface area contributed by atoms with E-state index in [1.807, 2.05) is 0 Å². The lowest BCUT2D eigenvalue weighted by molar-refractivity contribution is -0.121. The van der Waals surface area contributed by atoms with Gasteiger partial charge in [-0.1, -0.05) is 12.1 Å². The lowest BCUT2D eigenvalue weighted by Crippen LogP contribution is -2.29. The van der Waals surface area contributed by atoms with E-state index in [1.165, 1.54) is 24.3 Å². The topological polar surface area (TPSA) is 93.2 Å². The summed E-state index contributed by atoms with van der Waals surface area (Å²) in [7, 11) is 0. The summed E-state index contributed by atoms with van der Waals surface area (Å²) >= 11 is 0. The van der Waals surface area contributed by atoms with Crippen molar-refractivity contribution < 1.29 is 28.7 Å². The number of hydrogen-bond acceptors (Lipinski definition) is 6. The van der Waals surface area contributed by atoms with E-state index < -0.39 is 23.6 Å². The molecule has 0 saturated carbocycles. The molecule has 2 aromatic rings. The molecule has 2 aromatic carbocycles. The van der Waals surface area contributed by atoms with Gasteiger partial charge >= 0.3 is 0 Å². The quantitative estimate of drug-likeness (QED) is 0.553. The van der Waals surface area contributed by atoms with Crippen molar-refractivity contribution in [3.8, 4) is 11.5 Å². The molecule has 0 atom stereocenters. The van der Waals surface area contributed by atoms with Gasteiger partial charge in [-0.05, 0) is 24.3 Å². The van der Waals surface area contributed by atoms with Crippen molar-refractivity contribution in [1.82, 2.24) is 0 Å². The Balaban J connectivity index is 1.40. The smallest absolute Gasteiger partial charge is 0.258 e. The maximum atomic E-state index is 11.8. The van der Waals surface area contributed by atoms with Crippen molar-refractivity contribution in [1.29, 1.82) is 0 Å². The molecule has 0 saturated heterocycles. The predicted molar refractivity (Wildman–Crippen MR) is 102 cm³/mol. The third kappa shape index (κ3) is 3.63. The van der Waals surface area contributed by atoms with Crippen LogP contribution in [0, 0.1) is 0 Å². The first-order valence-electron chi connectivity index (χ1n) is 8.61. The van der Waals surface area contributed by atoms with Crippen LogP contribution < -0.4 is 19.3 Å². The normalized spacial score (nSPS) is 15.6. The van der Waals surface area contributed by atoms with Crippen LogP contribution in [-0.2, 0) is 19.2 Å². The molecule has 2 heterocycles. The van der Waals surface area contributed by atoms with Crippen LogP contribution in [0.1, 0.15) is 0 Å². The zero-order valence-electron chi connectivity index (χ0n) is 15.0. The van der Waals surface area contributed by atoms with Crippen LogP contribution in [0.25, 0.3) is 0 Å². The summed E-state index contributed by atoms with van der Waals surface area (Å²) in [4.78, 5) is 49.2. The lowest BCUT2D eigenvalue weighted by atomic mass is 10.2. The van der Waals surface area contributed by atoms with Gasteiger partial charge in [0.2, 0.25) is 6.79 Å². The Morgan fingerprint density at radius 3 is 1.34 bits per heavy atom. The second-order valence-electron chi connectivity index (χ2n) is 6.09. The Labute approximate surface area is 165 Å². The Morgan fingerprint density at radius 1 is 0.586 bits per heavy atom. The predicted octanol–water partition coefficient (Wildman–Crippen LogP) is 1.96. The molecular weight excluding hydrogens is 376 g/mol. The SMILES string of the molecule is O=C1C=CC(=O)N1c1cccc(OCOc2cccc(N3C(=O)C=CC3=O)c2)c1. The number of amides is 4. The molecule has 0 radical (unpaired) electrons. The molecule has 0 aromatic heterocycles. The molecule has 0 bridgehead atoms. The van der Waals surface area contributed by atoms with Gasteiger partial charge in [-0.15, -0.1) is 0 Å². The van der Waals surface area contributed by atoms with Crippen molar-refractivity contribution in [2.45, 2.75) is 0 Å². The zero-order chi connectivity index (χ0) is 20.4. The van der Waals surface area contributed by atoms with Crippen LogP contribution in [0.4, 0.5) is 11.4 Å². The Bertz CT molecular complexity index is 967. The largest absolute Gasteiger partial charge is 0.457 e. The van der Waals surface area contributed by atoms with Crippen LogP contribution in [0.2, 0.25) is 0 Å². The van der Waals surface area contributed by atoms with Crippen molar-refractivity contribution >= 4 is 35.0 Å². The third-order valence-electron chi connectivity index (χ3n) is 4.22. The second kappa shape index (κ2) is 7.43. The van der Waals surface area contributed by atoms with Gasteiger partial charge in [-0.2, -0.15) is 0 Å². The number of ether oxygens (including phenoxy) is 2. The Morgan fingerprint density at radius 2 is 0.966 bits per heavy atom. The molecule has 0 aliphatic carbocycles. The molecule has 8 nitrogen and oxygen atoms in total. The summed E-state index contributed by atoms with van der Waals surface area (Å²) in [6.07, 6.45) is 4.82. The minimum absolute atomic E-state index is 0.160. The van der Waals surface area contributed by atoms with E-state index in [-0.39, 0.29) is 6.79 Å². The summed E-state index contributed by atoms with van der Waals surface area (Å²) in [5, 5.41) is 0. The minimum Gasteiger partial charge on any atom is -0.457 e. The van der Waals surface area contributed by atoms with Crippen molar-refractivity contribution in [3.63, 3.8) is 0 Å². The highest BCUT2D eigenvalue weighted by atomic mass is 16.7. The van der Waals surface area contributed by atoms with E-state index in [2.05, 4.69) is 0 Å². The van der Waals surface area contributed by atoms with Gasteiger partial charge in [0.15, 0.2) is 0 Å². The van der Waals surface area contributed by atoms with Crippen molar-refractivity contribution in [2.24, 2.45) is 0 Å². The highest BCUT2D eigenvalue weighted by Gasteiger charge is 2.26. The molecule has 0 N–H and O–H groups in total. The summed E-state index contributed by atoms with van der Waals surface area (Å²) in [6, 6.07) is 13.0. The summed E-state index contributed by atoms with van der Waals surface area (Å²) in [6.45, 7) is -0.160. The van der Waals surface area contributed by atoms with Gasteiger partial charge in [-0.25, -0.2) is 9.80 Å². The van der Waals surface area contributed by atoms with Gasteiger partial charge in [-0.3, -0.25) is 19.2 Å². The fourth-order valence-corrected chi connectivity index (χ4v) is 2.90. The van der Waals surface area contributed by atoms with Crippen molar-refractivity contribution in [3.05, 3.63) is 72.8 Å². The van der Waals surface area contributed by atoms with Gasteiger partial charge in [0.25, 0.3) is 23.6 Å². The first-order chi connectivity index (χ1) is 14.0. The highest BCUT2D eigenvalue weighted by Crippen LogP contribution is 2.26. The molecule has 0 spiro atoms. The molecule has 4 amide bonds. The highest BCUT2D eigenvalue weighted by molar-refractivity contribution is 6.28. The number of nitrogens with zero attached hydrogens (tertiary/aromatic N) is 2. The molecule has 144 valence electrons. The molecule has 2 aliphatic heterocycles. The van der Waals surface area contributed by atoms with Gasteiger partial charge < -0.3 is 9.47 Å². The number of carbonyl (C=O) groups is 4. The molecular formula is C21H14N2O6. The van der Waals surface area contributed by atoms with E-state index in [0.717, 1.165) is 9.80 Å². The van der Waals surface area contributed by atoms with E-state index in [0.29, 0.717) is 22.9 Å². The fraction of sp³-hybridized carbons (Fsp3) is 0.0476. The van der Waals surface area contributed by atoms with Crippen LogP contribution >= 0.6 is 0 Å². The van der Waals surface area contributed by atoms with E-state index in [9.17, 15) is 19.2 Å². The van der Waals surface area contributed by atoms with Crippen LogP contribution in [0.15, 0.2) is 72.8 Å². The molecule has 0 fully saturated rings. The number of benzene rings is 2. The summed E-state index contributed by atoms with van der Waals surface area (Å²) in [5.74, 6) is -0.858. The Kier molecular flexibility index (Phi) is 4.66. The number of rotatable bonds is 6. The average molecular weight is 390 g/mol. The minimum atomic E-state index is -0.416. The summed E-state index contributed by atoms with van der Waals surface area (Å²) in [5.41, 5.74) is 0.783. The maximum Gasteiger partial charge on any atom is 0.258 e. The maximum absolute atomic E-state index is 11.8. The lowest BCUT2D eigenvalue weighted by Gasteiger charge is -2.16. The monoisotopic (exact) mass is 390 g/mol. The third-order valence-corrected chi connectivity index (χ3v) is 4.22. The van der Waals surface area contributed by atoms with Gasteiger partial charge in [0.05, 0.1) is 11.4 Å². The molecule has 2 aliphatic rings. The average Bonchev–Trinajstić information content (AvgIpc) is 3.23. The molecule has 0 unspecified atom stereocenters. The van der Waals surface area contributed by atoms with Crippen LogP contribution in [0.5, 0.6) is 11.5 Å². The molecule has 29 heavy (non-hydrogen) atoms. The first-order valence-corrected chi connectivity index (χ1v) is 8.61. The first kappa shape index (κ1) is 18.2. The summed E-state index contributed by atoms with van der Waals surface area (Å²) < 4.78 is 11.1. The van der Waals surface area contributed by atoms with E-state index >= 15 is 0 Å². The van der Waals surface area contributed by atoms with E-state index in [4.69, 9.17) is 9.47 Å². The van der Waals surface area contributed by atoms with Gasteiger partial charge in [0, 0.05) is 36.4 Å². The molecule has 8 heteroatoms. The van der Waals surface area contributed by atoms with E-state index in [1.54, 1.807) is 48.5 Å². The fourth-order valence-electron chi connectivity index (χ4n) is 2.90. The number of anilines is 2. The van der Waals surface area contributed by atoms with Crippen LogP contribution in [0.3, 0.4) is 0 Å². The van der Waals surface area contributed by atoms with Gasteiger partial charge in [0.1, 0.15) is 11.5 Å². The second-order valence-corrected chi connectivity index (χ2v) is 6.09. The number of hydrogen-bond donors (Lipinski definition) is 0. The Hall–Kier alpha value is -4.20. The molecule has 4 rings (SSSR count). The van der Waals surface area contributed by atoms with Crippen molar-refractivity contribution in [2.75, 3.05) is 16.6 Å². The number of imide groups is 2. The number of carbonyl (C=O) groups excluding carboxylic acids is 4. The van der Waals surface area contributed by atoms with Crippen LogP contribution in [-0.4, -0.2) is 30.4 Å². The zero-order valence-corrected chi connectivity index (χ0v) is 15.0. The standard InChI is InChI=1S/C21H14N2O6/c24-18-7-8-19(25)22(18)14-3-1-5-16(11-14)28-13-29-17-6-2-4-15(12-17)23-20(26)9-10-21(23)27/h1-12H,13H2.